The molecule has 0 bridgehead atoms. The minimum absolute atomic E-state index is 0.0863. The number of hydrogen-bond acceptors (Lipinski definition) is 5. The number of fused-ring (bicyclic) bond motifs is 1. The monoisotopic (exact) mass is 571 g/mol. The number of likely N-dealkylation sites (N-methyl/N-ethyl adjacent to an activating group) is 1. The van der Waals surface area contributed by atoms with E-state index in [0.29, 0.717) is 30.0 Å². The normalized spacial score (nSPS) is 14.3. The Hall–Kier alpha value is -4.39. The number of halogens is 3. The van der Waals surface area contributed by atoms with Crippen molar-refractivity contribution in [3.05, 3.63) is 100 Å². The zero-order valence-electron chi connectivity index (χ0n) is 23.8. The van der Waals surface area contributed by atoms with Gasteiger partial charge >= 0.3 is 6.18 Å². The molecular weight excluding hydrogens is 539 g/mol. The number of anilines is 2. The number of nitrogens with zero attached hydrogens (tertiary/aromatic N) is 3. The third-order valence-corrected chi connectivity index (χ3v) is 7.52. The molecule has 0 atom stereocenters. The van der Waals surface area contributed by atoms with Gasteiger partial charge in [0.1, 0.15) is 5.82 Å². The van der Waals surface area contributed by atoms with E-state index in [1.54, 1.807) is 31.4 Å². The molecule has 1 aliphatic heterocycles. The molecule has 6 nitrogen and oxygen atoms in total. The van der Waals surface area contributed by atoms with Gasteiger partial charge in [-0.2, -0.15) is 13.2 Å². The molecule has 0 radical (unpaired) electrons. The molecule has 1 fully saturated rings. The Balaban J connectivity index is 1.39. The van der Waals surface area contributed by atoms with E-state index in [2.05, 4.69) is 32.4 Å². The van der Waals surface area contributed by atoms with Crippen LogP contribution >= 0.6 is 0 Å². The van der Waals surface area contributed by atoms with Crippen molar-refractivity contribution in [1.29, 1.82) is 0 Å². The van der Waals surface area contributed by atoms with Crippen molar-refractivity contribution in [2.75, 3.05) is 50.9 Å². The highest BCUT2D eigenvalue weighted by Crippen LogP contribution is 2.35. The lowest BCUT2D eigenvalue weighted by Gasteiger charge is -2.33. The molecule has 0 unspecified atom stereocenters. The van der Waals surface area contributed by atoms with Gasteiger partial charge in [0.25, 0.3) is 5.91 Å². The Kier molecular flexibility index (Phi) is 8.48. The minimum atomic E-state index is -4.54. The summed E-state index contributed by atoms with van der Waals surface area (Å²) in [5, 5.41) is 7.63. The standard InChI is InChI=1S/C33H32F3N5O/c1-22-8-9-24(18-23(22)11-13-29-28-7-5-4-6-25(28)20-38-31(29)37-2)32(42)39-27-12-10-26(30(19-27)33(34,35)36)21-41-16-14-40(3)15-17-41/h4-10,12,18-20H,14-17,21H2,1-3H3,(H,37,38)(H,39,42). The van der Waals surface area contributed by atoms with E-state index in [4.69, 9.17) is 0 Å². The second-order valence-electron chi connectivity index (χ2n) is 10.5. The summed E-state index contributed by atoms with van der Waals surface area (Å²) in [5.41, 5.74) is 2.08. The number of rotatable bonds is 5. The van der Waals surface area contributed by atoms with E-state index in [1.807, 2.05) is 43.1 Å². The topological polar surface area (TPSA) is 60.5 Å². The number of alkyl halides is 3. The molecule has 1 aliphatic rings. The van der Waals surface area contributed by atoms with Crippen molar-refractivity contribution in [2.24, 2.45) is 0 Å². The number of carbonyl (C=O) groups excluding carboxylic acids is 1. The molecule has 0 spiro atoms. The van der Waals surface area contributed by atoms with Crippen LogP contribution < -0.4 is 10.6 Å². The maximum Gasteiger partial charge on any atom is 0.416 e. The van der Waals surface area contributed by atoms with Crippen LogP contribution in [0.1, 0.15) is 38.2 Å². The highest BCUT2D eigenvalue weighted by atomic mass is 19.4. The summed E-state index contributed by atoms with van der Waals surface area (Å²) in [4.78, 5) is 21.8. The van der Waals surface area contributed by atoms with Crippen molar-refractivity contribution in [3.8, 4) is 11.8 Å². The number of aryl methyl sites for hydroxylation is 1. The van der Waals surface area contributed by atoms with Crippen LogP contribution in [0.15, 0.2) is 66.9 Å². The van der Waals surface area contributed by atoms with Gasteiger partial charge in [-0.15, -0.1) is 0 Å². The molecule has 0 saturated carbocycles. The number of hydrogen-bond donors (Lipinski definition) is 2. The number of aromatic nitrogens is 1. The highest BCUT2D eigenvalue weighted by Gasteiger charge is 2.34. The van der Waals surface area contributed by atoms with Gasteiger partial charge in [0.05, 0.1) is 11.1 Å². The van der Waals surface area contributed by atoms with Gasteiger partial charge in [-0.05, 0) is 49.4 Å². The zero-order chi connectivity index (χ0) is 29.9. The van der Waals surface area contributed by atoms with Gasteiger partial charge in [0.15, 0.2) is 0 Å². The van der Waals surface area contributed by atoms with Crippen LogP contribution in [0.2, 0.25) is 0 Å². The molecule has 1 aromatic heterocycles. The fraction of sp³-hybridized carbons (Fsp3) is 0.273. The lowest BCUT2D eigenvalue weighted by Crippen LogP contribution is -2.44. The molecule has 216 valence electrons. The van der Waals surface area contributed by atoms with Crippen molar-refractivity contribution in [1.82, 2.24) is 14.8 Å². The van der Waals surface area contributed by atoms with Gasteiger partial charge in [0, 0.05) is 73.6 Å². The Bertz CT molecular complexity index is 1680. The van der Waals surface area contributed by atoms with E-state index in [-0.39, 0.29) is 17.8 Å². The first-order valence-electron chi connectivity index (χ1n) is 13.7. The predicted octanol–water partition coefficient (Wildman–Crippen LogP) is 6.00. The van der Waals surface area contributed by atoms with Crippen molar-refractivity contribution < 1.29 is 18.0 Å². The number of amides is 1. The largest absolute Gasteiger partial charge is 0.416 e. The van der Waals surface area contributed by atoms with E-state index < -0.39 is 17.6 Å². The second-order valence-corrected chi connectivity index (χ2v) is 10.5. The lowest BCUT2D eigenvalue weighted by molar-refractivity contribution is -0.138. The smallest absolute Gasteiger partial charge is 0.372 e. The number of benzene rings is 3. The van der Waals surface area contributed by atoms with Crippen molar-refractivity contribution in [3.63, 3.8) is 0 Å². The van der Waals surface area contributed by atoms with Crippen LogP contribution in [0.3, 0.4) is 0 Å². The van der Waals surface area contributed by atoms with Gasteiger partial charge < -0.3 is 15.5 Å². The quantitative estimate of drug-likeness (QED) is 0.288. The maximum atomic E-state index is 14.0. The van der Waals surface area contributed by atoms with Crippen molar-refractivity contribution in [2.45, 2.75) is 19.6 Å². The third-order valence-electron chi connectivity index (χ3n) is 7.52. The number of nitrogens with one attached hydrogen (secondary N) is 2. The summed E-state index contributed by atoms with van der Waals surface area (Å²) < 4.78 is 42.0. The van der Waals surface area contributed by atoms with E-state index >= 15 is 0 Å². The zero-order valence-corrected chi connectivity index (χ0v) is 23.8. The number of pyridine rings is 1. The van der Waals surface area contributed by atoms with Gasteiger partial charge in [-0.3, -0.25) is 9.69 Å². The average Bonchev–Trinajstić information content (AvgIpc) is 2.97. The van der Waals surface area contributed by atoms with Gasteiger partial charge in [-0.1, -0.05) is 48.2 Å². The molecule has 0 aliphatic carbocycles. The molecule has 2 N–H and O–H groups in total. The van der Waals surface area contributed by atoms with Crippen LogP contribution in [-0.2, 0) is 12.7 Å². The molecule has 42 heavy (non-hydrogen) atoms. The Morgan fingerprint density at radius 2 is 1.76 bits per heavy atom. The molecule has 1 amide bonds. The Labute approximate surface area is 243 Å². The number of piperazine rings is 1. The molecule has 9 heteroatoms. The first-order valence-corrected chi connectivity index (χ1v) is 13.7. The molecule has 2 heterocycles. The lowest BCUT2D eigenvalue weighted by atomic mass is 10.0. The number of carbonyl (C=O) groups is 1. The SMILES string of the molecule is CNc1ncc2ccccc2c1C#Cc1cc(C(=O)Nc2ccc(CN3CCN(C)CC3)c(C(F)(F)F)c2)ccc1C. The maximum absolute atomic E-state index is 14.0. The van der Waals surface area contributed by atoms with Crippen LogP contribution in [0, 0.1) is 18.8 Å². The minimum Gasteiger partial charge on any atom is -0.372 e. The van der Waals surface area contributed by atoms with Crippen LogP contribution in [0.25, 0.3) is 10.8 Å². The fourth-order valence-corrected chi connectivity index (χ4v) is 5.01. The second kappa shape index (κ2) is 12.2. The average molecular weight is 572 g/mol. The Morgan fingerprint density at radius 1 is 1.00 bits per heavy atom. The summed E-state index contributed by atoms with van der Waals surface area (Å²) in [6, 6.07) is 16.9. The van der Waals surface area contributed by atoms with Crippen LogP contribution in [0.5, 0.6) is 0 Å². The molecule has 4 aromatic rings. The first kappa shape index (κ1) is 29.1. The molecule has 3 aromatic carbocycles. The van der Waals surface area contributed by atoms with E-state index in [0.717, 1.165) is 41.1 Å². The molecular formula is C33H32F3N5O. The first-order chi connectivity index (χ1) is 20.1. The van der Waals surface area contributed by atoms with Gasteiger partial charge in [-0.25, -0.2) is 4.98 Å². The van der Waals surface area contributed by atoms with E-state index in [9.17, 15) is 18.0 Å². The van der Waals surface area contributed by atoms with Gasteiger partial charge in [0.2, 0.25) is 0 Å². The predicted molar refractivity (Wildman–Crippen MR) is 161 cm³/mol. The van der Waals surface area contributed by atoms with Crippen LogP contribution in [0.4, 0.5) is 24.7 Å². The van der Waals surface area contributed by atoms with Crippen molar-refractivity contribution >= 4 is 28.2 Å². The fourth-order valence-electron chi connectivity index (χ4n) is 5.01. The molecule has 1 saturated heterocycles. The van der Waals surface area contributed by atoms with Crippen LogP contribution in [-0.4, -0.2) is 61.0 Å². The summed E-state index contributed by atoms with van der Waals surface area (Å²) in [5.74, 6) is 6.50. The summed E-state index contributed by atoms with van der Waals surface area (Å²) in [7, 11) is 3.78. The highest BCUT2D eigenvalue weighted by molar-refractivity contribution is 6.04. The summed E-state index contributed by atoms with van der Waals surface area (Å²) >= 11 is 0. The summed E-state index contributed by atoms with van der Waals surface area (Å²) in [6.07, 6.45) is -2.76. The summed E-state index contributed by atoms with van der Waals surface area (Å²) in [6.45, 7) is 5.14. The molecule has 5 rings (SSSR count). The third kappa shape index (κ3) is 6.56. The van der Waals surface area contributed by atoms with E-state index in [1.165, 1.54) is 12.1 Å². The Morgan fingerprint density at radius 3 is 2.50 bits per heavy atom.